The van der Waals surface area contributed by atoms with Crippen LogP contribution >= 0.6 is 0 Å². The van der Waals surface area contributed by atoms with E-state index >= 15 is 0 Å². The second-order valence-electron chi connectivity index (χ2n) is 4.30. The molecule has 5 heteroatoms. The van der Waals surface area contributed by atoms with Crippen LogP contribution in [0.5, 0.6) is 0 Å². The molecule has 0 spiro atoms. The Morgan fingerprint density at radius 1 is 1.47 bits per heavy atom. The SMILES string of the molecule is CCOC[C@@]1(CN)C[C@H]1CS(=O)(=O)CC. The summed E-state index contributed by atoms with van der Waals surface area (Å²) in [7, 11) is -2.87. The Bertz CT molecular complexity index is 302. The molecule has 1 aliphatic rings. The molecule has 2 atom stereocenters. The van der Waals surface area contributed by atoms with E-state index in [0.717, 1.165) is 6.42 Å². The minimum atomic E-state index is -2.87. The number of hydrogen-bond acceptors (Lipinski definition) is 4. The summed E-state index contributed by atoms with van der Waals surface area (Å²) >= 11 is 0. The fraction of sp³-hybridized carbons (Fsp3) is 1.00. The van der Waals surface area contributed by atoms with E-state index in [9.17, 15) is 8.42 Å². The van der Waals surface area contributed by atoms with Gasteiger partial charge < -0.3 is 10.5 Å². The van der Waals surface area contributed by atoms with Gasteiger partial charge in [0.2, 0.25) is 0 Å². The van der Waals surface area contributed by atoms with Crippen LogP contribution in [0.25, 0.3) is 0 Å². The normalized spacial score (nSPS) is 30.5. The summed E-state index contributed by atoms with van der Waals surface area (Å²) in [6.45, 7) is 5.41. The van der Waals surface area contributed by atoms with Crippen molar-refractivity contribution in [2.75, 3.05) is 31.3 Å². The van der Waals surface area contributed by atoms with Crippen molar-refractivity contribution >= 4 is 9.84 Å². The molecule has 0 aliphatic heterocycles. The highest BCUT2D eigenvalue weighted by molar-refractivity contribution is 7.91. The molecule has 0 saturated heterocycles. The van der Waals surface area contributed by atoms with Gasteiger partial charge in [-0.25, -0.2) is 8.42 Å². The van der Waals surface area contributed by atoms with E-state index < -0.39 is 9.84 Å². The summed E-state index contributed by atoms with van der Waals surface area (Å²) in [6, 6.07) is 0. The van der Waals surface area contributed by atoms with Gasteiger partial charge in [0, 0.05) is 24.3 Å². The lowest BCUT2D eigenvalue weighted by Gasteiger charge is -2.14. The van der Waals surface area contributed by atoms with Gasteiger partial charge in [-0.15, -0.1) is 0 Å². The van der Waals surface area contributed by atoms with Gasteiger partial charge in [-0.05, 0) is 19.3 Å². The smallest absolute Gasteiger partial charge is 0.150 e. The molecule has 0 amide bonds. The van der Waals surface area contributed by atoms with Crippen LogP contribution in [0.3, 0.4) is 0 Å². The molecule has 0 aromatic rings. The average molecular weight is 235 g/mol. The van der Waals surface area contributed by atoms with Crippen molar-refractivity contribution in [3.05, 3.63) is 0 Å². The zero-order chi connectivity index (χ0) is 11.5. The van der Waals surface area contributed by atoms with Crippen molar-refractivity contribution in [1.82, 2.24) is 0 Å². The van der Waals surface area contributed by atoms with Crippen LogP contribution in [0.2, 0.25) is 0 Å². The molecule has 0 radical (unpaired) electrons. The minimum absolute atomic E-state index is 0.0573. The van der Waals surface area contributed by atoms with Crippen LogP contribution in [-0.2, 0) is 14.6 Å². The molecule has 0 bridgehead atoms. The average Bonchev–Trinajstić information content (AvgIpc) is 2.88. The molecule has 2 N–H and O–H groups in total. The standard InChI is InChI=1S/C10H21NO3S/c1-3-14-8-10(7-11)5-9(10)6-15(12,13)4-2/h9H,3-8,11H2,1-2H3/t9-,10-/m0/s1. The first-order valence-electron chi connectivity index (χ1n) is 5.48. The molecule has 90 valence electrons. The Kier molecular flexibility index (Phi) is 4.14. The van der Waals surface area contributed by atoms with Crippen molar-refractivity contribution in [3.8, 4) is 0 Å². The quantitative estimate of drug-likeness (QED) is 0.694. The fourth-order valence-electron chi connectivity index (χ4n) is 1.88. The van der Waals surface area contributed by atoms with Gasteiger partial charge in [0.05, 0.1) is 12.4 Å². The third kappa shape index (κ3) is 3.16. The fourth-order valence-corrected chi connectivity index (χ4v) is 3.20. The molecule has 0 aromatic carbocycles. The maximum absolute atomic E-state index is 11.4. The van der Waals surface area contributed by atoms with Crippen molar-refractivity contribution < 1.29 is 13.2 Å². The predicted molar refractivity (Wildman–Crippen MR) is 60.4 cm³/mol. The predicted octanol–water partition coefficient (Wildman–Crippen LogP) is 0.423. The lowest BCUT2D eigenvalue weighted by atomic mass is 10.1. The van der Waals surface area contributed by atoms with Crippen molar-refractivity contribution in [2.24, 2.45) is 17.1 Å². The Morgan fingerprint density at radius 2 is 2.13 bits per heavy atom. The highest BCUT2D eigenvalue weighted by Gasteiger charge is 2.54. The number of rotatable bonds is 7. The van der Waals surface area contributed by atoms with Gasteiger partial charge in [0.1, 0.15) is 9.84 Å². The van der Waals surface area contributed by atoms with E-state index in [1.165, 1.54) is 0 Å². The van der Waals surface area contributed by atoms with Crippen molar-refractivity contribution in [2.45, 2.75) is 20.3 Å². The van der Waals surface area contributed by atoms with E-state index in [1.807, 2.05) is 6.92 Å². The van der Waals surface area contributed by atoms with Gasteiger partial charge >= 0.3 is 0 Å². The van der Waals surface area contributed by atoms with Crippen LogP contribution in [0, 0.1) is 11.3 Å². The summed E-state index contributed by atoms with van der Waals surface area (Å²) < 4.78 is 28.2. The highest BCUT2D eigenvalue weighted by Crippen LogP contribution is 2.52. The second-order valence-corrected chi connectivity index (χ2v) is 6.70. The lowest BCUT2D eigenvalue weighted by molar-refractivity contribution is 0.0982. The summed E-state index contributed by atoms with van der Waals surface area (Å²) in [5.74, 6) is 0.700. The molecule has 1 fully saturated rings. The second kappa shape index (κ2) is 4.80. The largest absolute Gasteiger partial charge is 0.381 e. The molecule has 15 heavy (non-hydrogen) atoms. The molecular weight excluding hydrogens is 214 g/mol. The summed E-state index contributed by atoms with van der Waals surface area (Å²) in [6.07, 6.45) is 0.892. The van der Waals surface area contributed by atoms with Crippen molar-refractivity contribution in [3.63, 3.8) is 0 Å². The molecule has 0 heterocycles. The first-order valence-corrected chi connectivity index (χ1v) is 7.30. The number of sulfone groups is 1. The lowest BCUT2D eigenvalue weighted by Crippen LogP contribution is -2.26. The zero-order valence-electron chi connectivity index (χ0n) is 9.53. The highest BCUT2D eigenvalue weighted by atomic mass is 32.2. The Balaban J connectivity index is 2.48. The van der Waals surface area contributed by atoms with E-state index in [4.69, 9.17) is 10.5 Å². The molecular formula is C10H21NO3S. The van der Waals surface area contributed by atoms with E-state index in [0.29, 0.717) is 19.8 Å². The van der Waals surface area contributed by atoms with Gasteiger partial charge in [0.15, 0.2) is 0 Å². The van der Waals surface area contributed by atoms with Crippen LogP contribution in [0.4, 0.5) is 0 Å². The molecule has 1 aliphatic carbocycles. The summed E-state index contributed by atoms with van der Waals surface area (Å²) in [5, 5.41) is 0. The van der Waals surface area contributed by atoms with Gasteiger partial charge in [-0.2, -0.15) is 0 Å². The Morgan fingerprint density at radius 3 is 2.60 bits per heavy atom. The van der Waals surface area contributed by atoms with Gasteiger partial charge in [-0.1, -0.05) is 6.92 Å². The molecule has 1 saturated carbocycles. The summed E-state index contributed by atoms with van der Waals surface area (Å²) in [4.78, 5) is 0. The first kappa shape index (κ1) is 12.9. The molecule has 0 unspecified atom stereocenters. The maximum atomic E-state index is 11.4. The van der Waals surface area contributed by atoms with E-state index in [-0.39, 0.29) is 22.8 Å². The van der Waals surface area contributed by atoms with Crippen LogP contribution < -0.4 is 5.73 Å². The minimum Gasteiger partial charge on any atom is -0.381 e. The zero-order valence-corrected chi connectivity index (χ0v) is 10.3. The monoisotopic (exact) mass is 235 g/mol. The number of hydrogen-bond donors (Lipinski definition) is 1. The first-order chi connectivity index (χ1) is 6.99. The summed E-state index contributed by atoms with van der Waals surface area (Å²) in [5.41, 5.74) is 5.63. The van der Waals surface area contributed by atoms with Crippen LogP contribution in [0.1, 0.15) is 20.3 Å². The van der Waals surface area contributed by atoms with E-state index in [1.54, 1.807) is 6.92 Å². The van der Waals surface area contributed by atoms with Crippen LogP contribution in [-0.4, -0.2) is 39.7 Å². The van der Waals surface area contributed by atoms with Gasteiger partial charge in [0.25, 0.3) is 0 Å². The number of ether oxygens (including phenoxy) is 1. The van der Waals surface area contributed by atoms with Gasteiger partial charge in [-0.3, -0.25) is 0 Å². The molecule has 4 nitrogen and oxygen atoms in total. The van der Waals surface area contributed by atoms with Crippen molar-refractivity contribution in [1.29, 1.82) is 0 Å². The topological polar surface area (TPSA) is 69.4 Å². The molecule has 1 rings (SSSR count). The maximum Gasteiger partial charge on any atom is 0.150 e. The molecule has 0 aromatic heterocycles. The van der Waals surface area contributed by atoms with Crippen LogP contribution in [0.15, 0.2) is 0 Å². The Labute approximate surface area is 92.1 Å². The van der Waals surface area contributed by atoms with E-state index in [2.05, 4.69) is 0 Å². The number of nitrogens with two attached hydrogens (primary N) is 1. The third-order valence-corrected chi connectivity index (χ3v) is 5.04. The Hall–Kier alpha value is -0.130. The third-order valence-electron chi connectivity index (χ3n) is 3.25.